The van der Waals surface area contributed by atoms with Gasteiger partial charge in [0.05, 0.1) is 0 Å². The number of hydrogen-bond acceptors (Lipinski definition) is 4. The molecule has 2 aliphatic heterocycles. The van der Waals surface area contributed by atoms with Gasteiger partial charge in [0.15, 0.2) is 0 Å². The Kier molecular flexibility index (Phi) is 3.87. The quantitative estimate of drug-likeness (QED) is 0.902. The molecule has 0 aromatic carbocycles. The number of nitrogens with zero attached hydrogens (tertiary/aromatic N) is 3. The summed E-state index contributed by atoms with van der Waals surface area (Å²) >= 11 is 0. The molecule has 1 aromatic rings. The summed E-state index contributed by atoms with van der Waals surface area (Å²) in [6.45, 7) is 6.18. The van der Waals surface area contributed by atoms with Crippen molar-refractivity contribution in [3.05, 3.63) is 18.2 Å². The third-order valence-electron chi connectivity index (χ3n) is 4.41. The molecule has 2 fully saturated rings. The molecule has 2 aliphatic rings. The summed E-state index contributed by atoms with van der Waals surface area (Å²) in [5.41, 5.74) is 5.76. The third-order valence-corrected chi connectivity index (χ3v) is 4.41. The van der Waals surface area contributed by atoms with E-state index >= 15 is 0 Å². The first-order valence-electron chi connectivity index (χ1n) is 7.51. The highest BCUT2D eigenvalue weighted by Crippen LogP contribution is 2.24. The lowest BCUT2D eigenvalue weighted by Gasteiger charge is -2.34. The maximum Gasteiger partial charge on any atom is 0.130 e. The molecule has 0 saturated carbocycles. The average Bonchev–Trinajstić information content (AvgIpc) is 2.92. The Labute approximate surface area is 115 Å². The van der Waals surface area contributed by atoms with Crippen LogP contribution in [0.25, 0.3) is 0 Å². The lowest BCUT2D eigenvalue weighted by Crippen LogP contribution is -2.38. The molecule has 104 valence electrons. The van der Waals surface area contributed by atoms with Gasteiger partial charge in [-0.25, -0.2) is 4.98 Å². The minimum Gasteiger partial charge on any atom is -0.384 e. The van der Waals surface area contributed by atoms with Gasteiger partial charge >= 0.3 is 0 Å². The first kappa shape index (κ1) is 12.7. The molecular weight excluding hydrogens is 236 g/mol. The van der Waals surface area contributed by atoms with E-state index in [-0.39, 0.29) is 0 Å². The summed E-state index contributed by atoms with van der Waals surface area (Å²) in [5.74, 6) is 2.53. The van der Waals surface area contributed by atoms with Crippen LogP contribution in [-0.4, -0.2) is 42.6 Å². The normalized spacial score (nSPS) is 22.0. The second-order valence-corrected chi connectivity index (χ2v) is 5.86. The number of nitrogens with two attached hydrogens (primary N) is 1. The highest BCUT2D eigenvalue weighted by molar-refractivity contribution is 5.44. The Hall–Kier alpha value is -1.29. The molecule has 0 bridgehead atoms. The van der Waals surface area contributed by atoms with Crippen molar-refractivity contribution in [3.63, 3.8) is 0 Å². The molecule has 2 saturated heterocycles. The van der Waals surface area contributed by atoms with Gasteiger partial charge in [-0.2, -0.15) is 0 Å². The van der Waals surface area contributed by atoms with Crippen molar-refractivity contribution in [2.24, 2.45) is 5.92 Å². The Bertz CT molecular complexity index is 406. The minimum absolute atomic E-state index is 0.622. The van der Waals surface area contributed by atoms with Crippen LogP contribution in [0, 0.1) is 5.92 Å². The molecule has 0 unspecified atom stereocenters. The molecule has 0 radical (unpaired) electrons. The van der Waals surface area contributed by atoms with Crippen molar-refractivity contribution in [1.29, 1.82) is 0 Å². The van der Waals surface area contributed by atoms with Crippen LogP contribution in [0.3, 0.4) is 0 Å². The van der Waals surface area contributed by atoms with Gasteiger partial charge in [0.25, 0.3) is 0 Å². The number of piperidine rings is 1. The zero-order valence-corrected chi connectivity index (χ0v) is 11.6. The number of pyridine rings is 1. The van der Waals surface area contributed by atoms with Gasteiger partial charge in [0.2, 0.25) is 0 Å². The van der Waals surface area contributed by atoms with E-state index in [1.54, 1.807) is 0 Å². The molecule has 3 rings (SSSR count). The Morgan fingerprint density at radius 1 is 1.11 bits per heavy atom. The zero-order valence-electron chi connectivity index (χ0n) is 11.6. The van der Waals surface area contributed by atoms with E-state index < -0.39 is 0 Å². The number of nitrogen functional groups attached to an aromatic ring is 1. The molecular formula is C15H24N4. The van der Waals surface area contributed by atoms with Crippen LogP contribution in [0.5, 0.6) is 0 Å². The summed E-state index contributed by atoms with van der Waals surface area (Å²) in [5, 5.41) is 0. The third kappa shape index (κ3) is 3.18. The van der Waals surface area contributed by atoms with Crippen molar-refractivity contribution >= 4 is 11.6 Å². The second-order valence-electron chi connectivity index (χ2n) is 5.86. The maximum absolute atomic E-state index is 5.76. The van der Waals surface area contributed by atoms with E-state index in [4.69, 9.17) is 5.73 Å². The highest BCUT2D eigenvalue weighted by Gasteiger charge is 2.23. The van der Waals surface area contributed by atoms with Crippen LogP contribution in [0.1, 0.15) is 25.7 Å². The Morgan fingerprint density at radius 2 is 1.84 bits per heavy atom. The Morgan fingerprint density at radius 3 is 2.53 bits per heavy atom. The van der Waals surface area contributed by atoms with Gasteiger partial charge in [-0.05, 0) is 56.8 Å². The molecule has 1 aromatic heterocycles. The van der Waals surface area contributed by atoms with Gasteiger partial charge in [-0.3, -0.25) is 0 Å². The largest absolute Gasteiger partial charge is 0.384 e. The Balaban J connectivity index is 1.51. The smallest absolute Gasteiger partial charge is 0.130 e. The predicted molar refractivity (Wildman–Crippen MR) is 79.3 cm³/mol. The van der Waals surface area contributed by atoms with E-state index in [1.807, 2.05) is 12.1 Å². The molecule has 0 aliphatic carbocycles. The molecule has 0 atom stereocenters. The molecule has 4 heteroatoms. The number of likely N-dealkylation sites (tertiary alicyclic amines) is 1. The van der Waals surface area contributed by atoms with E-state index in [0.29, 0.717) is 5.82 Å². The zero-order chi connectivity index (χ0) is 13.1. The van der Waals surface area contributed by atoms with Crippen LogP contribution in [-0.2, 0) is 0 Å². The van der Waals surface area contributed by atoms with E-state index in [2.05, 4.69) is 20.9 Å². The molecule has 0 spiro atoms. The first-order valence-corrected chi connectivity index (χ1v) is 7.51. The number of aromatic nitrogens is 1. The summed E-state index contributed by atoms with van der Waals surface area (Å²) in [6, 6.07) is 5.91. The lowest BCUT2D eigenvalue weighted by molar-refractivity contribution is 0.249. The number of hydrogen-bond donors (Lipinski definition) is 1. The molecule has 19 heavy (non-hydrogen) atoms. The molecule has 2 N–H and O–H groups in total. The summed E-state index contributed by atoms with van der Waals surface area (Å²) in [7, 11) is 0. The summed E-state index contributed by atoms with van der Waals surface area (Å²) in [6.07, 6.45) is 5.36. The first-order chi connectivity index (χ1) is 9.31. The standard InChI is InChI=1S/C15H24N4/c16-14-4-3-5-15(17-14)19-10-6-13(7-11-19)12-18-8-1-2-9-18/h3-5,13H,1-2,6-12H2,(H2,16,17). The van der Waals surface area contributed by atoms with Gasteiger partial charge in [0.1, 0.15) is 11.6 Å². The van der Waals surface area contributed by atoms with Crippen molar-refractivity contribution in [2.45, 2.75) is 25.7 Å². The molecule has 0 amide bonds. The van der Waals surface area contributed by atoms with Crippen LogP contribution in [0.2, 0.25) is 0 Å². The molecule has 3 heterocycles. The van der Waals surface area contributed by atoms with E-state index in [9.17, 15) is 0 Å². The predicted octanol–water partition coefficient (Wildman–Crippen LogP) is 1.98. The van der Waals surface area contributed by atoms with Crippen molar-refractivity contribution in [3.8, 4) is 0 Å². The highest BCUT2D eigenvalue weighted by atomic mass is 15.2. The van der Waals surface area contributed by atoms with Crippen LogP contribution >= 0.6 is 0 Å². The maximum atomic E-state index is 5.76. The van der Waals surface area contributed by atoms with Gasteiger partial charge in [0, 0.05) is 19.6 Å². The van der Waals surface area contributed by atoms with Gasteiger partial charge in [-0.1, -0.05) is 6.07 Å². The lowest BCUT2D eigenvalue weighted by atomic mass is 9.96. The monoisotopic (exact) mass is 260 g/mol. The second kappa shape index (κ2) is 5.78. The fourth-order valence-electron chi connectivity index (χ4n) is 3.29. The van der Waals surface area contributed by atoms with Crippen molar-refractivity contribution in [2.75, 3.05) is 43.4 Å². The van der Waals surface area contributed by atoms with E-state index in [0.717, 1.165) is 24.8 Å². The number of anilines is 2. The van der Waals surface area contributed by atoms with Crippen molar-refractivity contribution < 1.29 is 0 Å². The average molecular weight is 260 g/mol. The molecule has 4 nitrogen and oxygen atoms in total. The van der Waals surface area contributed by atoms with Crippen LogP contribution in [0.15, 0.2) is 18.2 Å². The minimum atomic E-state index is 0.622. The topological polar surface area (TPSA) is 45.4 Å². The van der Waals surface area contributed by atoms with Gasteiger partial charge < -0.3 is 15.5 Å². The van der Waals surface area contributed by atoms with Crippen LogP contribution < -0.4 is 10.6 Å². The van der Waals surface area contributed by atoms with Gasteiger partial charge in [-0.15, -0.1) is 0 Å². The van der Waals surface area contributed by atoms with Crippen molar-refractivity contribution in [1.82, 2.24) is 9.88 Å². The fraction of sp³-hybridized carbons (Fsp3) is 0.667. The number of rotatable bonds is 3. The van der Waals surface area contributed by atoms with Crippen LogP contribution in [0.4, 0.5) is 11.6 Å². The fourth-order valence-corrected chi connectivity index (χ4v) is 3.29. The summed E-state index contributed by atoms with van der Waals surface area (Å²) in [4.78, 5) is 9.43. The summed E-state index contributed by atoms with van der Waals surface area (Å²) < 4.78 is 0. The van der Waals surface area contributed by atoms with E-state index in [1.165, 1.54) is 45.3 Å². The SMILES string of the molecule is Nc1cccc(N2CCC(CN3CCCC3)CC2)n1.